The number of carbonyl (C=O) groups excluding carboxylic acids is 2. The van der Waals surface area contributed by atoms with Crippen LogP contribution in [-0.2, 0) is 16.0 Å². The number of amides is 2. The van der Waals surface area contributed by atoms with Crippen molar-refractivity contribution in [3.05, 3.63) is 29.8 Å². The standard InChI is InChI=1S/C18H25N3O3/c1-13(22)20-15-6-7-21(10-15)17(23)18(11-19-12-18)9-14-4-3-5-16(8-14)24-2/h3-5,8,15,19H,6-7,9-12H2,1-2H3,(H,20,22). The third-order valence-corrected chi connectivity index (χ3v) is 4.94. The SMILES string of the molecule is COc1cccc(CC2(C(=O)N3CCC(NC(C)=O)C3)CNC2)c1. The molecule has 24 heavy (non-hydrogen) atoms. The van der Waals surface area contributed by atoms with Gasteiger partial charge in [-0.2, -0.15) is 0 Å². The molecule has 0 radical (unpaired) electrons. The third-order valence-electron chi connectivity index (χ3n) is 4.94. The van der Waals surface area contributed by atoms with Crippen LogP contribution in [-0.4, -0.2) is 56.0 Å². The summed E-state index contributed by atoms with van der Waals surface area (Å²) in [5.41, 5.74) is 0.735. The number of ether oxygens (including phenoxy) is 1. The van der Waals surface area contributed by atoms with E-state index in [9.17, 15) is 9.59 Å². The van der Waals surface area contributed by atoms with Crippen LogP contribution in [0.25, 0.3) is 0 Å². The maximum atomic E-state index is 13.1. The molecule has 1 aromatic rings. The maximum Gasteiger partial charge on any atom is 0.231 e. The van der Waals surface area contributed by atoms with Crippen LogP contribution >= 0.6 is 0 Å². The van der Waals surface area contributed by atoms with Gasteiger partial charge in [0.25, 0.3) is 0 Å². The molecule has 0 spiro atoms. The van der Waals surface area contributed by atoms with Gasteiger partial charge in [-0.25, -0.2) is 0 Å². The number of methoxy groups -OCH3 is 1. The molecule has 0 bridgehead atoms. The molecule has 2 saturated heterocycles. The van der Waals surface area contributed by atoms with Gasteiger partial charge in [0.15, 0.2) is 0 Å². The zero-order chi connectivity index (χ0) is 17.2. The lowest BCUT2D eigenvalue weighted by Crippen LogP contribution is -2.63. The van der Waals surface area contributed by atoms with Gasteiger partial charge in [-0.1, -0.05) is 12.1 Å². The average molecular weight is 331 g/mol. The first-order chi connectivity index (χ1) is 11.5. The van der Waals surface area contributed by atoms with Crippen LogP contribution in [0, 0.1) is 5.41 Å². The zero-order valence-corrected chi connectivity index (χ0v) is 14.3. The van der Waals surface area contributed by atoms with Crippen LogP contribution < -0.4 is 15.4 Å². The fourth-order valence-corrected chi connectivity index (χ4v) is 3.64. The smallest absolute Gasteiger partial charge is 0.231 e. The van der Waals surface area contributed by atoms with Crippen LogP contribution in [0.4, 0.5) is 0 Å². The molecule has 0 aliphatic carbocycles. The van der Waals surface area contributed by atoms with Crippen LogP contribution in [0.1, 0.15) is 18.9 Å². The van der Waals surface area contributed by atoms with Gasteiger partial charge in [-0.3, -0.25) is 9.59 Å². The number of hydrogen-bond donors (Lipinski definition) is 2. The number of nitrogens with zero attached hydrogens (tertiary/aromatic N) is 1. The largest absolute Gasteiger partial charge is 0.497 e. The van der Waals surface area contributed by atoms with Gasteiger partial charge in [0.1, 0.15) is 5.75 Å². The number of carbonyl (C=O) groups is 2. The van der Waals surface area contributed by atoms with Crippen molar-refractivity contribution in [3.8, 4) is 5.75 Å². The summed E-state index contributed by atoms with van der Waals surface area (Å²) in [5, 5.41) is 6.16. The summed E-state index contributed by atoms with van der Waals surface area (Å²) >= 11 is 0. The first-order valence-electron chi connectivity index (χ1n) is 8.42. The van der Waals surface area contributed by atoms with Crippen molar-refractivity contribution >= 4 is 11.8 Å². The quantitative estimate of drug-likeness (QED) is 0.827. The van der Waals surface area contributed by atoms with E-state index in [0.29, 0.717) is 32.6 Å². The summed E-state index contributed by atoms with van der Waals surface area (Å²) in [6.07, 6.45) is 1.53. The lowest BCUT2D eigenvalue weighted by atomic mass is 9.75. The first-order valence-corrected chi connectivity index (χ1v) is 8.42. The van der Waals surface area contributed by atoms with Gasteiger partial charge < -0.3 is 20.3 Å². The summed E-state index contributed by atoms with van der Waals surface area (Å²) in [6.45, 7) is 4.24. The molecule has 6 heteroatoms. The molecular formula is C18H25N3O3. The van der Waals surface area contributed by atoms with Crippen molar-refractivity contribution in [3.63, 3.8) is 0 Å². The maximum absolute atomic E-state index is 13.1. The van der Waals surface area contributed by atoms with E-state index in [1.165, 1.54) is 6.92 Å². The van der Waals surface area contributed by atoms with Crippen molar-refractivity contribution in [2.75, 3.05) is 33.3 Å². The summed E-state index contributed by atoms with van der Waals surface area (Å²) in [7, 11) is 1.65. The fourth-order valence-electron chi connectivity index (χ4n) is 3.64. The lowest BCUT2D eigenvalue weighted by molar-refractivity contribution is -0.144. The minimum Gasteiger partial charge on any atom is -0.497 e. The zero-order valence-electron chi connectivity index (χ0n) is 14.3. The second kappa shape index (κ2) is 6.81. The van der Waals surface area contributed by atoms with E-state index in [4.69, 9.17) is 4.74 Å². The number of benzene rings is 1. The van der Waals surface area contributed by atoms with Gasteiger partial charge in [-0.15, -0.1) is 0 Å². The number of nitrogens with one attached hydrogen (secondary N) is 2. The van der Waals surface area contributed by atoms with Crippen molar-refractivity contribution in [1.82, 2.24) is 15.5 Å². The lowest BCUT2D eigenvalue weighted by Gasteiger charge is -2.43. The van der Waals surface area contributed by atoms with Crippen molar-refractivity contribution in [2.45, 2.75) is 25.8 Å². The van der Waals surface area contributed by atoms with Crippen molar-refractivity contribution < 1.29 is 14.3 Å². The Morgan fingerprint density at radius 2 is 2.21 bits per heavy atom. The minimum atomic E-state index is -0.378. The summed E-state index contributed by atoms with van der Waals surface area (Å²) in [6, 6.07) is 7.99. The Labute approximate surface area is 142 Å². The normalized spacial score (nSPS) is 21.9. The molecule has 2 aliphatic rings. The Morgan fingerprint density at radius 1 is 1.42 bits per heavy atom. The Hall–Kier alpha value is -2.08. The molecule has 0 aromatic heterocycles. The number of rotatable bonds is 5. The highest BCUT2D eigenvalue weighted by Gasteiger charge is 2.47. The van der Waals surface area contributed by atoms with E-state index in [1.807, 2.05) is 29.2 Å². The average Bonchev–Trinajstić information content (AvgIpc) is 2.98. The molecule has 6 nitrogen and oxygen atoms in total. The van der Waals surface area contributed by atoms with Crippen LogP contribution in [0.2, 0.25) is 0 Å². The summed E-state index contributed by atoms with van der Waals surface area (Å²) in [5.74, 6) is 0.969. The number of hydrogen-bond acceptors (Lipinski definition) is 4. The molecule has 0 saturated carbocycles. The summed E-state index contributed by atoms with van der Waals surface area (Å²) in [4.78, 5) is 26.2. The van der Waals surface area contributed by atoms with E-state index >= 15 is 0 Å². The van der Waals surface area contributed by atoms with E-state index in [0.717, 1.165) is 17.7 Å². The van der Waals surface area contributed by atoms with Gasteiger partial charge in [0.2, 0.25) is 11.8 Å². The Bertz CT molecular complexity index is 628. The second-order valence-electron chi connectivity index (χ2n) is 6.85. The highest BCUT2D eigenvalue weighted by Crippen LogP contribution is 2.32. The molecule has 1 aromatic carbocycles. The van der Waals surface area contributed by atoms with E-state index < -0.39 is 0 Å². The topological polar surface area (TPSA) is 70.7 Å². The van der Waals surface area contributed by atoms with Gasteiger partial charge >= 0.3 is 0 Å². The molecule has 2 heterocycles. The monoisotopic (exact) mass is 331 g/mol. The first kappa shape index (κ1) is 16.8. The Morgan fingerprint density at radius 3 is 2.83 bits per heavy atom. The van der Waals surface area contributed by atoms with Crippen LogP contribution in [0.15, 0.2) is 24.3 Å². The van der Waals surface area contributed by atoms with Crippen LogP contribution in [0.5, 0.6) is 5.75 Å². The van der Waals surface area contributed by atoms with E-state index in [-0.39, 0.29) is 23.3 Å². The molecule has 2 fully saturated rings. The second-order valence-corrected chi connectivity index (χ2v) is 6.85. The predicted molar refractivity (Wildman–Crippen MR) is 90.8 cm³/mol. The van der Waals surface area contributed by atoms with Crippen LogP contribution in [0.3, 0.4) is 0 Å². The third kappa shape index (κ3) is 3.38. The molecule has 2 amide bonds. The molecule has 1 atom stereocenters. The molecule has 1 unspecified atom stereocenters. The predicted octanol–water partition coefficient (Wildman–Crippen LogP) is 0.564. The van der Waals surface area contributed by atoms with Crippen molar-refractivity contribution in [1.29, 1.82) is 0 Å². The Kier molecular flexibility index (Phi) is 4.76. The van der Waals surface area contributed by atoms with Gasteiger partial charge in [-0.05, 0) is 30.5 Å². The highest BCUT2D eigenvalue weighted by atomic mass is 16.5. The minimum absolute atomic E-state index is 0.0364. The van der Waals surface area contributed by atoms with E-state index in [1.54, 1.807) is 7.11 Å². The van der Waals surface area contributed by atoms with E-state index in [2.05, 4.69) is 10.6 Å². The van der Waals surface area contributed by atoms with Crippen molar-refractivity contribution in [2.24, 2.45) is 5.41 Å². The summed E-state index contributed by atoms with van der Waals surface area (Å²) < 4.78 is 5.28. The Balaban J connectivity index is 1.68. The molecule has 3 rings (SSSR count). The number of likely N-dealkylation sites (tertiary alicyclic amines) is 1. The van der Waals surface area contributed by atoms with Gasteiger partial charge in [0.05, 0.1) is 12.5 Å². The van der Waals surface area contributed by atoms with Gasteiger partial charge in [0, 0.05) is 39.1 Å². The molecule has 2 aliphatic heterocycles. The molecule has 130 valence electrons. The molecular weight excluding hydrogens is 306 g/mol. The highest BCUT2D eigenvalue weighted by molar-refractivity contribution is 5.85. The fraction of sp³-hybridized carbons (Fsp3) is 0.556. The molecule has 2 N–H and O–H groups in total.